The number of carbonyl (C=O) groups is 1. The molecule has 0 fully saturated rings. The molecule has 0 aliphatic heterocycles. The molecule has 0 aliphatic carbocycles. The van der Waals surface area contributed by atoms with E-state index in [2.05, 4.69) is 0 Å². The molecule has 92 valence electrons. The number of hydrogen-bond acceptors (Lipinski definition) is 1. The van der Waals surface area contributed by atoms with Gasteiger partial charge < -0.3 is 0 Å². The number of Topliss-reactive ketones (excluding diaryl/α,β-unsaturated/α-hetero) is 1. The number of rotatable bonds is 4. The summed E-state index contributed by atoms with van der Waals surface area (Å²) in [4.78, 5) is 11.7. The molecule has 0 heterocycles. The Kier molecular flexibility index (Phi) is 3.88. The smallest absolute Gasteiger partial charge is 0.137 e. The molecule has 1 nitrogen and oxygen atoms in total. The summed E-state index contributed by atoms with van der Waals surface area (Å²) in [5.74, 6) is -0.278. The van der Waals surface area contributed by atoms with Crippen molar-refractivity contribution >= 4 is 5.78 Å². The molecule has 0 spiro atoms. The third-order valence-electron chi connectivity index (χ3n) is 3.05. The van der Waals surface area contributed by atoms with Gasteiger partial charge in [-0.2, -0.15) is 0 Å². The maximum Gasteiger partial charge on any atom is 0.137 e. The van der Waals surface area contributed by atoms with E-state index >= 15 is 0 Å². The third kappa shape index (κ3) is 3.04. The first kappa shape index (κ1) is 12.5. The Hall–Kier alpha value is -1.96. The Morgan fingerprint density at radius 1 is 1.06 bits per heavy atom. The van der Waals surface area contributed by atoms with Gasteiger partial charge in [0.2, 0.25) is 0 Å². The van der Waals surface area contributed by atoms with Crippen LogP contribution in [0.3, 0.4) is 0 Å². The highest BCUT2D eigenvalue weighted by molar-refractivity contribution is 5.83. The summed E-state index contributed by atoms with van der Waals surface area (Å²) in [5, 5.41) is 0. The molecule has 0 bridgehead atoms. The van der Waals surface area contributed by atoms with E-state index in [1.54, 1.807) is 19.1 Å². The van der Waals surface area contributed by atoms with Gasteiger partial charge in [0.25, 0.3) is 0 Å². The highest BCUT2D eigenvalue weighted by Gasteiger charge is 2.16. The molecule has 0 unspecified atom stereocenters. The van der Waals surface area contributed by atoms with Crippen LogP contribution in [-0.2, 0) is 11.2 Å². The van der Waals surface area contributed by atoms with E-state index < -0.39 is 0 Å². The SMILES string of the molecule is CC(=O)[C@@H](Cc1ccc(F)cc1)c1ccccc1. The van der Waals surface area contributed by atoms with Crippen molar-refractivity contribution in [2.75, 3.05) is 0 Å². The summed E-state index contributed by atoms with van der Waals surface area (Å²) in [7, 11) is 0. The Balaban J connectivity index is 2.22. The van der Waals surface area contributed by atoms with Crippen molar-refractivity contribution in [2.24, 2.45) is 0 Å². The maximum absolute atomic E-state index is 12.8. The molecule has 2 aromatic rings. The molecule has 2 aromatic carbocycles. The summed E-state index contributed by atoms with van der Waals surface area (Å²) < 4.78 is 12.8. The van der Waals surface area contributed by atoms with Crippen LogP contribution in [0, 0.1) is 5.82 Å². The molecule has 2 rings (SSSR count). The lowest BCUT2D eigenvalue weighted by Crippen LogP contribution is -2.11. The fourth-order valence-electron chi connectivity index (χ4n) is 2.04. The van der Waals surface area contributed by atoms with Gasteiger partial charge in [-0.15, -0.1) is 0 Å². The van der Waals surface area contributed by atoms with Gasteiger partial charge in [-0.1, -0.05) is 42.5 Å². The average molecular weight is 242 g/mol. The summed E-state index contributed by atoms with van der Waals surface area (Å²) in [5.41, 5.74) is 1.98. The van der Waals surface area contributed by atoms with E-state index in [9.17, 15) is 9.18 Å². The van der Waals surface area contributed by atoms with Crippen LogP contribution >= 0.6 is 0 Å². The zero-order chi connectivity index (χ0) is 13.0. The minimum absolute atomic E-state index is 0.130. The van der Waals surface area contributed by atoms with Crippen LogP contribution < -0.4 is 0 Å². The van der Waals surface area contributed by atoms with E-state index in [1.807, 2.05) is 30.3 Å². The van der Waals surface area contributed by atoms with Gasteiger partial charge in [-0.05, 0) is 36.6 Å². The van der Waals surface area contributed by atoms with Gasteiger partial charge in [0, 0.05) is 5.92 Å². The predicted octanol–water partition coefficient (Wildman–Crippen LogP) is 3.74. The molecular weight excluding hydrogens is 227 g/mol. The lowest BCUT2D eigenvalue weighted by molar-refractivity contribution is -0.118. The van der Waals surface area contributed by atoms with E-state index in [0.717, 1.165) is 11.1 Å². The number of carbonyl (C=O) groups excluding carboxylic acids is 1. The van der Waals surface area contributed by atoms with Crippen LogP contribution in [0.25, 0.3) is 0 Å². The highest BCUT2D eigenvalue weighted by atomic mass is 19.1. The maximum atomic E-state index is 12.8. The highest BCUT2D eigenvalue weighted by Crippen LogP contribution is 2.22. The van der Waals surface area contributed by atoms with Crippen LogP contribution in [0.5, 0.6) is 0 Å². The van der Waals surface area contributed by atoms with E-state index in [0.29, 0.717) is 6.42 Å². The van der Waals surface area contributed by atoms with Crippen LogP contribution in [-0.4, -0.2) is 5.78 Å². The van der Waals surface area contributed by atoms with Crippen LogP contribution in [0.4, 0.5) is 4.39 Å². The van der Waals surface area contributed by atoms with Crippen molar-refractivity contribution in [2.45, 2.75) is 19.3 Å². The second kappa shape index (κ2) is 5.58. The second-order valence-electron chi connectivity index (χ2n) is 4.40. The molecule has 0 aliphatic rings. The van der Waals surface area contributed by atoms with Gasteiger partial charge in [0.1, 0.15) is 11.6 Å². The van der Waals surface area contributed by atoms with Crippen LogP contribution in [0.2, 0.25) is 0 Å². The lowest BCUT2D eigenvalue weighted by atomic mass is 9.89. The molecule has 0 amide bonds. The van der Waals surface area contributed by atoms with Gasteiger partial charge in [0.15, 0.2) is 0 Å². The third-order valence-corrected chi connectivity index (χ3v) is 3.05. The molecular formula is C16H15FO. The Labute approximate surface area is 106 Å². The topological polar surface area (TPSA) is 17.1 Å². The van der Waals surface area contributed by atoms with Crippen LogP contribution in [0.15, 0.2) is 54.6 Å². The van der Waals surface area contributed by atoms with Gasteiger partial charge in [0.05, 0.1) is 0 Å². The van der Waals surface area contributed by atoms with E-state index in [1.165, 1.54) is 12.1 Å². The van der Waals surface area contributed by atoms with Crippen molar-refractivity contribution < 1.29 is 9.18 Å². The lowest BCUT2D eigenvalue weighted by Gasteiger charge is -2.14. The minimum atomic E-state index is -0.252. The van der Waals surface area contributed by atoms with Gasteiger partial charge in [-0.3, -0.25) is 4.79 Å². The average Bonchev–Trinajstić information content (AvgIpc) is 2.38. The minimum Gasteiger partial charge on any atom is -0.299 e. The molecule has 0 N–H and O–H groups in total. The molecule has 0 aromatic heterocycles. The van der Waals surface area contributed by atoms with Crippen LogP contribution in [0.1, 0.15) is 24.0 Å². The summed E-state index contributed by atoms with van der Waals surface area (Å²) in [6.07, 6.45) is 0.611. The Morgan fingerprint density at radius 3 is 2.22 bits per heavy atom. The largest absolute Gasteiger partial charge is 0.299 e. The number of halogens is 1. The van der Waals surface area contributed by atoms with Crippen molar-refractivity contribution in [3.63, 3.8) is 0 Å². The first-order chi connectivity index (χ1) is 8.66. The molecule has 0 radical (unpaired) electrons. The predicted molar refractivity (Wildman–Crippen MR) is 70.0 cm³/mol. The molecule has 0 saturated heterocycles. The normalized spacial score (nSPS) is 12.1. The van der Waals surface area contributed by atoms with E-state index in [-0.39, 0.29) is 17.5 Å². The monoisotopic (exact) mass is 242 g/mol. The zero-order valence-electron chi connectivity index (χ0n) is 10.3. The van der Waals surface area contributed by atoms with E-state index in [4.69, 9.17) is 0 Å². The Morgan fingerprint density at radius 2 is 1.67 bits per heavy atom. The molecule has 0 saturated carbocycles. The summed E-state index contributed by atoms with van der Waals surface area (Å²) >= 11 is 0. The van der Waals surface area contributed by atoms with Crippen molar-refractivity contribution in [1.29, 1.82) is 0 Å². The summed E-state index contributed by atoms with van der Waals surface area (Å²) in [6.45, 7) is 1.60. The number of benzene rings is 2. The van der Waals surface area contributed by atoms with Crippen molar-refractivity contribution in [1.82, 2.24) is 0 Å². The van der Waals surface area contributed by atoms with Crippen molar-refractivity contribution in [3.8, 4) is 0 Å². The van der Waals surface area contributed by atoms with Gasteiger partial charge >= 0.3 is 0 Å². The van der Waals surface area contributed by atoms with Gasteiger partial charge in [-0.25, -0.2) is 4.39 Å². The second-order valence-corrected chi connectivity index (χ2v) is 4.40. The Bertz CT molecular complexity index is 517. The van der Waals surface area contributed by atoms with Crippen molar-refractivity contribution in [3.05, 3.63) is 71.5 Å². The first-order valence-electron chi connectivity index (χ1n) is 5.96. The quantitative estimate of drug-likeness (QED) is 0.798. The molecule has 1 atom stereocenters. The molecule has 18 heavy (non-hydrogen) atoms. The zero-order valence-corrected chi connectivity index (χ0v) is 10.3. The number of hydrogen-bond donors (Lipinski definition) is 0. The fourth-order valence-corrected chi connectivity index (χ4v) is 2.04. The summed E-state index contributed by atoms with van der Waals surface area (Å²) in [6, 6.07) is 16.0. The molecule has 2 heteroatoms. The first-order valence-corrected chi connectivity index (χ1v) is 5.96. The standard InChI is InChI=1S/C16H15FO/c1-12(18)16(14-5-3-2-4-6-14)11-13-7-9-15(17)10-8-13/h2-10,16H,11H2,1H3/t16-/m1/s1. The fraction of sp³-hybridized carbons (Fsp3) is 0.188. The number of ketones is 1.